The van der Waals surface area contributed by atoms with E-state index >= 15 is 0 Å². The molecule has 0 saturated heterocycles. The first-order valence-corrected chi connectivity index (χ1v) is 7.85. The Hall–Kier alpha value is -2.25. The average Bonchev–Trinajstić information content (AvgIpc) is 3.12. The van der Waals surface area contributed by atoms with Crippen LogP contribution in [0.1, 0.15) is 20.2 Å². The zero-order valence-corrected chi connectivity index (χ0v) is 12.7. The minimum Gasteiger partial charge on any atom is -0.355 e. The van der Waals surface area contributed by atoms with Gasteiger partial charge >= 0.3 is 0 Å². The summed E-state index contributed by atoms with van der Waals surface area (Å²) < 4.78 is 0.959. The molecule has 0 atom stereocenters. The largest absolute Gasteiger partial charge is 0.355 e. The first kappa shape index (κ1) is 13.7. The third-order valence-corrected chi connectivity index (χ3v) is 4.72. The highest BCUT2D eigenvalue weighted by Crippen LogP contribution is 2.26. The lowest BCUT2D eigenvalue weighted by atomic mass is 10.3. The molecule has 2 N–H and O–H groups in total. The maximum atomic E-state index is 12.3. The van der Waals surface area contributed by atoms with Crippen molar-refractivity contribution in [3.63, 3.8) is 0 Å². The van der Waals surface area contributed by atoms with Crippen LogP contribution in [0.4, 0.5) is 5.00 Å². The lowest BCUT2D eigenvalue weighted by Gasteiger charge is -2.03. The molecule has 3 rings (SSSR count). The second-order valence-corrected chi connectivity index (χ2v) is 6.13. The van der Waals surface area contributed by atoms with Crippen LogP contribution in [0.5, 0.6) is 0 Å². The van der Waals surface area contributed by atoms with Crippen LogP contribution in [0.25, 0.3) is 10.2 Å². The smallest absolute Gasteiger partial charge is 0.285 e. The summed E-state index contributed by atoms with van der Waals surface area (Å²) in [6.07, 6.45) is 0. The molecule has 0 unspecified atom stereocenters. The van der Waals surface area contributed by atoms with Crippen LogP contribution < -0.4 is 10.6 Å². The fourth-order valence-electron chi connectivity index (χ4n) is 1.85. The van der Waals surface area contributed by atoms with E-state index < -0.39 is 0 Å². The molecule has 0 saturated carbocycles. The lowest BCUT2D eigenvalue weighted by Crippen LogP contribution is -2.20. The highest BCUT2D eigenvalue weighted by Gasteiger charge is 2.17. The summed E-state index contributed by atoms with van der Waals surface area (Å²) in [5.41, 5.74) is 1.25. The van der Waals surface area contributed by atoms with E-state index in [1.54, 1.807) is 18.5 Å². The van der Waals surface area contributed by atoms with Crippen LogP contribution in [0, 0.1) is 0 Å². The van der Waals surface area contributed by atoms with Crippen LogP contribution in [0.3, 0.4) is 0 Å². The number of fused-ring (bicyclic) bond motifs is 1. The number of nitrogens with zero attached hydrogens (tertiary/aromatic N) is 1. The number of thiophene rings is 1. The molecule has 0 aliphatic rings. The van der Waals surface area contributed by atoms with E-state index in [0.29, 0.717) is 15.6 Å². The Morgan fingerprint density at radius 2 is 1.95 bits per heavy atom. The van der Waals surface area contributed by atoms with Gasteiger partial charge in [0, 0.05) is 7.05 Å². The van der Waals surface area contributed by atoms with Crippen LogP contribution in [-0.2, 0) is 0 Å². The fraction of sp³-hybridized carbons (Fsp3) is 0.0714. The summed E-state index contributed by atoms with van der Waals surface area (Å²) >= 11 is 2.64. The minimum atomic E-state index is -0.302. The topological polar surface area (TPSA) is 71.1 Å². The highest BCUT2D eigenvalue weighted by atomic mass is 32.1. The van der Waals surface area contributed by atoms with E-state index in [-0.39, 0.29) is 11.8 Å². The van der Waals surface area contributed by atoms with Crippen molar-refractivity contribution < 1.29 is 9.59 Å². The van der Waals surface area contributed by atoms with Gasteiger partial charge in [-0.25, -0.2) is 4.98 Å². The summed E-state index contributed by atoms with van der Waals surface area (Å²) in [5.74, 6) is -0.528. The number of thiazole rings is 1. The SMILES string of the molecule is CNC(=O)c1ccsc1NC(=O)c1nc2ccccc2s1. The standard InChI is InChI=1S/C14H11N3O2S2/c1-15-11(18)8-6-7-20-13(8)17-12(19)14-16-9-4-2-3-5-10(9)21-14/h2-7H,1H3,(H,15,18)(H,17,19). The van der Waals surface area contributed by atoms with Crippen molar-refractivity contribution in [2.45, 2.75) is 0 Å². The molecule has 2 amide bonds. The third kappa shape index (κ3) is 2.65. The molecule has 2 heterocycles. The number of para-hydroxylation sites is 1. The van der Waals surface area contributed by atoms with Gasteiger partial charge in [-0.3, -0.25) is 9.59 Å². The van der Waals surface area contributed by atoms with Gasteiger partial charge in [0.1, 0.15) is 5.00 Å². The van der Waals surface area contributed by atoms with Crippen molar-refractivity contribution in [2.75, 3.05) is 12.4 Å². The van der Waals surface area contributed by atoms with Crippen molar-refractivity contribution >= 4 is 49.7 Å². The highest BCUT2D eigenvalue weighted by molar-refractivity contribution is 7.20. The molecule has 21 heavy (non-hydrogen) atoms. The van der Waals surface area contributed by atoms with Gasteiger partial charge in [0.05, 0.1) is 15.8 Å². The van der Waals surface area contributed by atoms with E-state index in [2.05, 4.69) is 15.6 Å². The molecule has 0 fully saturated rings. The summed E-state index contributed by atoms with van der Waals surface area (Å²) in [6, 6.07) is 9.25. The van der Waals surface area contributed by atoms with Crippen molar-refractivity contribution in [3.8, 4) is 0 Å². The number of carbonyl (C=O) groups excluding carboxylic acids is 2. The molecular formula is C14H11N3O2S2. The van der Waals surface area contributed by atoms with Crippen LogP contribution in [0.2, 0.25) is 0 Å². The number of anilines is 1. The molecule has 0 aliphatic carbocycles. The van der Waals surface area contributed by atoms with E-state index in [4.69, 9.17) is 0 Å². The van der Waals surface area contributed by atoms with Gasteiger partial charge in [0.15, 0.2) is 5.01 Å². The van der Waals surface area contributed by atoms with Crippen molar-refractivity contribution in [3.05, 3.63) is 46.3 Å². The van der Waals surface area contributed by atoms with Gasteiger partial charge in [0.25, 0.3) is 11.8 Å². The number of amides is 2. The van der Waals surface area contributed by atoms with Crippen LogP contribution >= 0.6 is 22.7 Å². The molecule has 1 aromatic carbocycles. The number of aromatic nitrogens is 1. The van der Waals surface area contributed by atoms with E-state index in [1.807, 2.05) is 24.3 Å². The molecule has 7 heteroatoms. The van der Waals surface area contributed by atoms with E-state index in [0.717, 1.165) is 10.2 Å². The first-order chi connectivity index (χ1) is 10.2. The van der Waals surface area contributed by atoms with Crippen molar-refractivity contribution in [1.82, 2.24) is 10.3 Å². The number of nitrogens with one attached hydrogen (secondary N) is 2. The average molecular weight is 317 g/mol. The Morgan fingerprint density at radius 1 is 1.14 bits per heavy atom. The normalized spacial score (nSPS) is 10.5. The minimum absolute atomic E-state index is 0.226. The Morgan fingerprint density at radius 3 is 2.71 bits per heavy atom. The second kappa shape index (κ2) is 5.63. The zero-order valence-electron chi connectivity index (χ0n) is 11.0. The fourth-order valence-corrected chi connectivity index (χ4v) is 3.49. The molecule has 0 spiro atoms. The molecule has 3 aromatic rings. The van der Waals surface area contributed by atoms with Gasteiger partial charge in [-0.15, -0.1) is 22.7 Å². The Balaban J connectivity index is 1.86. The first-order valence-electron chi connectivity index (χ1n) is 6.15. The summed E-state index contributed by atoms with van der Waals surface area (Å²) in [5, 5.41) is 7.97. The maximum absolute atomic E-state index is 12.3. The number of carbonyl (C=O) groups is 2. The predicted molar refractivity (Wildman–Crippen MR) is 85.3 cm³/mol. The van der Waals surface area contributed by atoms with Crippen LogP contribution in [-0.4, -0.2) is 23.8 Å². The monoisotopic (exact) mass is 317 g/mol. The maximum Gasteiger partial charge on any atom is 0.285 e. The Labute approximate surface area is 128 Å². The molecule has 5 nitrogen and oxygen atoms in total. The zero-order chi connectivity index (χ0) is 14.8. The molecule has 0 bridgehead atoms. The molecule has 106 valence electrons. The number of hydrogen-bond acceptors (Lipinski definition) is 5. The lowest BCUT2D eigenvalue weighted by molar-refractivity contribution is 0.0964. The van der Waals surface area contributed by atoms with Crippen molar-refractivity contribution in [1.29, 1.82) is 0 Å². The van der Waals surface area contributed by atoms with Gasteiger partial charge < -0.3 is 10.6 Å². The Kier molecular flexibility index (Phi) is 3.68. The molecule has 0 radical (unpaired) electrons. The summed E-state index contributed by atoms with van der Waals surface area (Å²) in [4.78, 5) is 28.2. The van der Waals surface area contributed by atoms with E-state index in [1.165, 1.54) is 22.7 Å². The predicted octanol–water partition coefficient (Wildman–Crippen LogP) is 2.97. The van der Waals surface area contributed by atoms with Crippen LogP contribution in [0.15, 0.2) is 35.7 Å². The van der Waals surface area contributed by atoms with Gasteiger partial charge in [-0.05, 0) is 23.6 Å². The second-order valence-electron chi connectivity index (χ2n) is 4.18. The van der Waals surface area contributed by atoms with Crippen molar-refractivity contribution in [2.24, 2.45) is 0 Å². The van der Waals surface area contributed by atoms with Gasteiger partial charge in [-0.1, -0.05) is 12.1 Å². The number of rotatable bonds is 3. The third-order valence-electron chi connectivity index (χ3n) is 2.85. The summed E-state index contributed by atoms with van der Waals surface area (Å²) in [6.45, 7) is 0. The number of benzene rings is 1. The molecule has 2 aromatic heterocycles. The number of hydrogen-bond donors (Lipinski definition) is 2. The quantitative estimate of drug-likeness (QED) is 0.780. The summed E-state index contributed by atoms with van der Waals surface area (Å²) in [7, 11) is 1.55. The Bertz CT molecular complexity index is 789. The van der Waals surface area contributed by atoms with Gasteiger partial charge in [0.2, 0.25) is 0 Å². The molecule has 0 aliphatic heterocycles. The van der Waals surface area contributed by atoms with E-state index in [9.17, 15) is 9.59 Å². The van der Waals surface area contributed by atoms with Gasteiger partial charge in [-0.2, -0.15) is 0 Å². The molecular weight excluding hydrogens is 306 g/mol.